The normalized spacial score (nSPS) is 11.8. The molecule has 0 atom stereocenters. The molecular formula is C19H27N3O. The molecule has 0 spiro atoms. The second-order valence-corrected chi connectivity index (χ2v) is 5.95. The van der Waals surface area contributed by atoms with Gasteiger partial charge in [0.1, 0.15) is 12.4 Å². The molecule has 4 nitrogen and oxygen atoms in total. The van der Waals surface area contributed by atoms with Crippen LogP contribution in [0.1, 0.15) is 51.3 Å². The lowest BCUT2D eigenvalue weighted by Gasteiger charge is -2.09. The molecule has 0 bridgehead atoms. The van der Waals surface area contributed by atoms with Gasteiger partial charge in [-0.3, -0.25) is 4.99 Å². The summed E-state index contributed by atoms with van der Waals surface area (Å²) < 4.78 is 3.88. The van der Waals surface area contributed by atoms with Crippen LogP contribution in [0, 0.1) is 0 Å². The van der Waals surface area contributed by atoms with Crippen LogP contribution in [0.5, 0.6) is 0 Å². The van der Waals surface area contributed by atoms with Gasteiger partial charge in [0.2, 0.25) is 0 Å². The van der Waals surface area contributed by atoms with Crippen LogP contribution in [0.15, 0.2) is 47.7 Å². The summed E-state index contributed by atoms with van der Waals surface area (Å²) in [6.45, 7) is 3.10. The number of unbranched alkanes of at least 4 members (excludes halogenated alkanes) is 5. The highest BCUT2D eigenvalue weighted by molar-refractivity contribution is 5.87. The molecule has 0 fully saturated rings. The molecule has 0 saturated heterocycles. The van der Waals surface area contributed by atoms with Crippen LogP contribution in [0.2, 0.25) is 0 Å². The van der Waals surface area contributed by atoms with Crippen molar-refractivity contribution in [3.8, 4) is 0 Å². The van der Waals surface area contributed by atoms with Gasteiger partial charge < -0.3 is 5.11 Å². The highest BCUT2D eigenvalue weighted by Gasteiger charge is 2.14. The number of aliphatic imine (C=N–C) groups is 1. The van der Waals surface area contributed by atoms with E-state index >= 15 is 0 Å². The maximum absolute atomic E-state index is 12.5. The van der Waals surface area contributed by atoms with Gasteiger partial charge in [-0.1, -0.05) is 50.8 Å². The van der Waals surface area contributed by atoms with Crippen LogP contribution in [-0.2, 0) is 13.6 Å². The summed E-state index contributed by atoms with van der Waals surface area (Å²) in [6, 6.07) is 9.39. The number of hydrogen-bond donors (Lipinski definition) is 0. The van der Waals surface area contributed by atoms with E-state index in [-0.39, 0.29) is 5.90 Å². The smallest absolute Gasteiger partial charge is 0.292 e. The SMILES string of the molecule is CCCCCCCCn1cc[n+](C)c1C([O-])=Nc1ccccc1. The Morgan fingerprint density at radius 3 is 2.52 bits per heavy atom. The van der Waals surface area contributed by atoms with Crippen molar-refractivity contribution in [3.63, 3.8) is 0 Å². The van der Waals surface area contributed by atoms with Crippen molar-refractivity contribution in [2.24, 2.45) is 12.0 Å². The van der Waals surface area contributed by atoms with E-state index in [1.807, 2.05) is 58.9 Å². The van der Waals surface area contributed by atoms with Crippen molar-refractivity contribution in [1.82, 2.24) is 4.57 Å². The van der Waals surface area contributed by atoms with E-state index in [0.29, 0.717) is 11.5 Å². The molecular weight excluding hydrogens is 286 g/mol. The summed E-state index contributed by atoms with van der Waals surface area (Å²) in [7, 11) is 1.89. The van der Waals surface area contributed by atoms with Gasteiger partial charge in [0, 0.05) is 0 Å². The zero-order valence-electron chi connectivity index (χ0n) is 14.2. The van der Waals surface area contributed by atoms with Crippen molar-refractivity contribution in [2.75, 3.05) is 0 Å². The van der Waals surface area contributed by atoms with Crippen molar-refractivity contribution in [3.05, 3.63) is 48.5 Å². The minimum atomic E-state index is -0.185. The van der Waals surface area contributed by atoms with E-state index in [1.54, 1.807) is 0 Å². The van der Waals surface area contributed by atoms with Crippen molar-refractivity contribution in [2.45, 2.75) is 52.0 Å². The highest BCUT2D eigenvalue weighted by atomic mass is 16.3. The molecule has 0 saturated carbocycles. The van der Waals surface area contributed by atoms with Gasteiger partial charge in [0.25, 0.3) is 5.82 Å². The second kappa shape index (κ2) is 9.13. The van der Waals surface area contributed by atoms with Gasteiger partial charge in [-0.05, 0) is 25.0 Å². The molecule has 0 aliphatic heterocycles. The average Bonchev–Trinajstić information content (AvgIpc) is 2.92. The Labute approximate surface area is 139 Å². The fraction of sp³-hybridized carbons (Fsp3) is 0.474. The minimum Gasteiger partial charge on any atom is -0.853 e. The Morgan fingerprint density at radius 2 is 1.78 bits per heavy atom. The lowest BCUT2D eigenvalue weighted by molar-refractivity contribution is -0.674. The van der Waals surface area contributed by atoms with Crippen molar-refractivity contribution >= 4 is 11.6 Å². The number of para-hydroxylation sites is 1. The van der Waals surface area contributed by atoms with Crippen LogP contribution in [0.4, 0.5) is 5.69 Å². The van der Waals surface area contributed by atoms with Gasteiger partial charge in [-0.15, -0.1) is 0 Å². The molecule has 1 aromatic carbocycles. The standard InChI is InChI=1S/C19H27N3O/c1-3-4-5-6-7-11-14-22-16-15-21(2)19(22)18(23)20-17-12-9-8-10-13-17/h8-10,12-13,15-16H,3-7,11,14H2,1-2H3. The number of aromatic nitrogens is 2. The van der Waals surface area contributed by atoms with Crippen LogP contribution in [0.25, 0.3) is 0 Å². The van der Waals surface area contributed by atoms with E-state index < -0.39 is 0 Å². The molecule has 0 aliphatic rings. The molecule has 2 aromatic rings. The molecule has 1 aromatic heterocycles. The van der Waals surface area contributed by atoms with Gasteiger partial charge in [-0.25, -0.2) is 9.13 Å². The lowest BCUT2D eigenvalue weighted by Crippen LogP contribution is -2.40. The van der Waals surface area contributed by atoms with Crippen LogP contribution in [-0.4, -0.2) is 10.5 Å². The first-order valence-electron chi connectivity index (χ1n) is 8.58. The predicted molar refractivity (Wildman–Crippen MR) is 91.6 cm³/mol. The van der Waals surface area contributed by atoms with Crippen LogP contribution in [0.3, 0.4) is 0 Å². The van der Waals surface area contributed by atoms with Crippen molar-refractivity contribution in [1.29, 1.82) is 0 Å². The zero-order valence-corrected chi connectivity index (χ0v) is 14.2. The third-order valence-electron chi connectivity index (χ3n) is 4.01. The molecule has 23 heavy (non-hydrogen) atoms. The summed E-state index contributed by atoms with van der Waals surface area (Å²) in [4.78, 5) is 4.21. The summed E-state index contributed by atoms with van der Waals surface area (Å²) in [6.07, 6.45) is 11.4. The Morgan fingerprint density at radius 1 is 1.09 bits per heavy atom. The maximum atomic E-state index is 12.5. The molecule has 124 valence electrons. The Hall–Kier alpha value is -2.10. The van der Waals surface area contributed by atoms with E-state index in [2.05, 4.69) is 11.9 Å². The number of rotatable bonds is 9. The molecule has 0 amide bonds. The minimum absolute atomic E-state index is 0.185. The molecule has 1 heterocycles. The largest absolute Gasteiger partial charge is 0.853 e. The van der Waals surface area contributed by atoms with E-state index in [4.69, 9.17) is 0 Å². The summed E-state index contributed by atoms with van der Waals surface area (Å²) in [5.41, 5.74) is 0.699. The van der Waals surface area contributed by atoms with Crippen LogP contribution >= 0.6 is 0 Å². The van der Waals surface area contributed by atoms with Crippen LogP contribution < -0.4 is 9.67 Å². The number of imidazole rings is 1. The molecule has 0 N–H and O–H groups in total. The average molecular weight is 313 g/mol. The Bertz CT molecular complexity index is 617. The van der Waals surface area contributed by atoms with E-state index in [1.165, 1.54) is 32.1 Å². The number of nitrogens with zero attached hydrogens (tertiary/aromatic N) is 3. The molecule has 4 heteroatoms. The first-order chi connectivity index (χ1) is 11.2. The monoisotopic (exact) mass is 313 g/mol. The first-order valence-corrected chi connectivity index (χ1v) is 8.58. The van der Waals surface area contributed by atoms with Crippen molar-refractivity contribution < 1.29 is 9.67 Å². The zero-order chi connectivity index (χ0) is 16.5. The molecule has 0 radical (unpaired) electrons. The summed E-state index contributed by atoms with van der Waals surface area (Å²) >= 11 is 0. The molecule has 0 aliphatic carbocycles. The maximum Gasteiger partial charge on any atom is 0.292 e. The lowest BCUT2D eigenvalue weighted by atomic mass is 10.1. The Balaban J connectivity index is 1.99. The predicted octanol–water partition coefficient (Wildman–Crippen LogP) is 3.11. The third-order valence-corrected chi connectivity index (χ3v) is 4.01. The van der Waals surface area contributed by atoms with E-state index in [9.17, 15) is 5.11 Å². The fourth-order valence-electron chi connectivity index (χ4n) is 2.71. The summed E-state index contributed by atoms with van der Waals surface area (Å²) in [5.74, 6) is 0.456. The highest BCUT2D eigenvalue weighted by Crippen LogP contribution is 2.11. The topological polar surface area (TPSA) is 44.2 Å². The molecule has 2 rings (SSSR count). The third kappa shape index (κ3) is 5.23. The number of hydrogen-bond acceptors (Lipinski definition) is 2. The van der Waals surface area contributed by atoms with Gasteiger partial charge in [-0.2, -0.15) is 0 Å². The number of aryl methyl sites for hydroxylation is 2. The summed E-state index contributed by atoms with van der Waals surface area (Å²) in [5, 5.41) is 12.5. The van der Waals surface area contributed by atoms with E-state index in [0.717, 1.165) is 13.0 Å². The molecule has 0 unspecified atom stereocenters. The first kappa shape index (κ1) is 17.3. The quantitative estimate of drug-likeness (QED) is 0.304. The van der Waals surface area contributed by atoms with Gasteiger partial charge in [0.05, 0.1) is 25.2 Å². The Kier molecular flexibility index (Phi) is 6.85. The number of benzene rings is 1. The fourth-order valence-corrected chi connectivity index (χ4v) is 2.71. The second-order valence-electron chi connectivity index (χ2n) is 5.95. The van der Waals surface area contributed by atoms with Gasteiger partial charge >= 0.3 is 0 Å². The van der Waals surface area contributed by atoms with Gasteiger partial charge in [0.15, 0.2) is 0 Å².